The second kappa shape index (κ2) is 10.3. The predicted octanol–water partition coefficient (Wildman–Crippen LogP) is 5.28. The van der Waals surface area contributed by atoms with Crippen LogP contribution >= 0.6 is 0 Å². The van der Waals surface area contributed by atoms with Crippen molar-refractivity contribution in [2.24, 2.45) is 0 Å². The Morgan fingerprint density at radius 3 is 1.97 bits per heavy atom. The molecule has 0 spiro atoms. The van der Waals surface area contributed by atoms with Gasteiger partial charge in [0.1, 0.15) is 11.1 Å². The number of hydrogen-bond donors (Lipinski definition) is 1. The molecule has 3 aliphatic rings. The first-order valence-corrected chi connectivity index (χ1v) is 12.7. The molecule has 2 unspecified atom stereocenters. The molecule has 3 fully saturated rings. The van der Waals surface area contributed by atoms with Gasteiger partial charge in [0.15, 0.2) is 11.6 Å². The van der Waals surface area contributed by atoms with Crippen LogP contribution in [0.25, 0.3) is 0 Å². The summed E-state index contributed by atoms with van der Waals surface area (Å²) < 4.78 is 0. The highest BCUT2D eigenvalue weighted by Crippen LogP contribution is 2.42. The van der Waals surface area contributed by atoms with E-state index in [0.717, 1.165) is 57.2 Å². The van der Waals surface area contributed by atoms with Crippen LogP contribution in [0.2, 0.25) is 0 Å². The van der Waals surface area contributed by atoms with E-state index in [2.05, 4.69) is 53.5 Å². The molecule has 4 heteroatoms. The second-order valence-corrected chi connectivity index (χ2v) is 9.80. The van der Waals surface area contributed by atoms with Gasteiger partial charge in [0.25, 0.3) is 0 Å². The zero-order valence-corrected chi connectivity index (χ0v) is 20.2. The number of likely N-dealkylation sites (N-methyl/N-ethyl adjacent to an activating group) is 1. The zero-order valence-electron chi connectivity index (χ0n) is 20.2. The van der Waals surface area contributed by atoms with Gasteiger partial charge in [-0.3, -0.25) is 14.5 Å². The Balaban J connectivity index is 0.000000157. The van der Waals surface area contributed by atoms with E-state index in [4.69, 9.17) is 0 Å². The molecule has 2 aliphatic carbocycles. The Morgan fingerprint density at radius 1 is 0.758 bits per heavy atom. The van der Waals surface area contributed by atoms with E-state index in [-0.39, 0.29) is 5.54 Å². The van der Waals surface area contributed by atoms with Crippen LogP contribution in [0.5, 0.6) is 0 Å². The van der Waals surface area contributed by atoms with E-state index >= 15 is 0 Å². The number of nitrogens with one attached hydrogen (secondary N) is 1. The van der Waals surface area contributed by atoms with Gasteiger partial charge in [-0.05, 0) is 62.8 Å². The molecule has 2 saturated carbocycles. The Hall–Kier alpha value is -2.30. The van der Waals surface area contributed by atoms with Gasteiger partial charge in [-0.15, -0.1) is 0 Å². The monoisotopic (exact) mass is 446 g/mol. The van der Waals surface area contributed by atoms with Crippen LogP contribution in [0.1, 0.15) is 74.5 Å². The summed E-state index contributed by atoms with van der Waals surface area (Å²) in [5, 5.41) is 3.27. The number of benzene rings is 2. The van der Waals surface area contributed by atoms with E-state index in [9.17, 15) is 9.59 Å². The Bertz CT molecular complexity index is 969. The van der Waals surface area contributed by atoms with Crippen molar-refractivity contribution in [1.82, 2.24) is 10.2 Å². The van der Waals surface area contributed by atoms with Gasteiger partial charge in [0, 0.05) is 25.9 Å². The molecule has 0 amide bonds. The zero-order chi connectivity index (χ0) is 23.3. The van der Waals surface area contributed by atoms with Crippen LogP contribution in [-0.4, -0.2) is 36.6 Å². The van der Waals surface area contributed by atoms with Gasteiger partial charge >= 0.3 is 0 Å². The van der Waals surface area contributed by atoms with Crippen molar-refractivity contribution in [3.63, 3.8) is 0 Å². The molecule has 1 N–H and O–H groups in total. The van der Waals surface area contributed by atoms with E-state index in [1.165, 1.54) is 24.0 Å². The average molecular weight is 447 g/mol. The maximum Gasteiger partial charge on any atom is 0.157 e. The van der Waals surface area contributed by atoms with Crippen LogP contribution in [0.3, 0.4) is 0 Å². The molecule has 5 rings (SSSR count). The normalized spacial score (nSPS) is 27.9. The van der Waals surface area contributed by atoms with E-state index in [1.807, 2.05) is 25.2 Å². The van der Waals surface area contributed by atoms with E-state index < -0.39 is 5.54 Å². The van der Waals surface area contributed by atoms with Gasteiger partial charge in [-0.25, -0.2) is 0 Å². The quantitative estimate of drug-likeness (QED) is 0.694. The van der Waals surface area contributed by atoms with Crippen molar-refractivity contribution in [3.05, 3.63) is 71.3 Å². The molecule has 2 aromatic rings. The van der Waals surface area contributed by atoms with Crippen molar-refractivity contribution in [1.29, 1.82) is 0 Å². The van der Waals surface area contributed by atoms with E-state index in [0.29, 0.717) is 18.0 Å². The minimum absolute atomic E-state index is 0.280. The second-order valence-electron chi connectivity index (χ2n) is 9.80. The number of rotatable bonds is 4. The molecular formula is C29H38N2O2. The fourth-order valence-electron chi connectivity index (χ4n) is 6.01. The average Bonchev–Trinajstić information content (AvgIpc) is 2.81. The number of aryl methyl sites for hydroxylation is 1. The first-order chi connectivity index (χ1) is 16.0. The van der Waals surface area contributed by atoms with Crippen LogP contribution in [0.15, 0.2) is 54.6 Å². The summed E-state index contributed by atoms with van der Waals surface area (Å²) >= 11 is 0. The third kappa shape index (κ3) is 4.43. The highest BCUT2D eigenvalue weighted by atomic mass is 16.1. The van der Waals surface area contributed by atoms with Crippen molar-refractivity contribution in [3.8, 4) is 0 Å². The van der Waals surface area contributed by atoms with Gasteiger partial charge in [0.2, 0.25) is 0 Å². The van der Waals surface area contributed by atoms with E-state index in [1.54, 1.807) is 0 Å². The maximum absolute atomic E-state index is 12.5. The summed E-state index contributed by atoms with van der Waals surface area (Å²) in [6.45, 7) is 4.25. The highest BCUT2D eigenvalue weighted by Gasteiger charge is 2.47. The SMILES string of the molecule is CNC1(c2ccccc2C)CCCCC1=O.O=C1CCCCC1(c1ccccc1)N1CCC1. The van der Waals surface area contributed by atoms with Crippen molar-refractivity contribution >= 4 is 11.6 Å². The molecule has 4 nitrogen and oxygen atoms in total. The number of Topliss-reactive ketones (excluding diaryl/α,β-unsaturated/α-hetero) is 2. The largest absolute Gasteiger partial charge is 0.304 e. The lowest BCUT2D eigenvalue weighted by Gasteiger charge is -2.50. The van der Waals surface area contributed by atoms with Crippen molar-refractivity contribution < 1.29 is 9.59 Å². The molecule has 1 saturated heterocycles. The molecule has 0 aromatic heterocycles. The first-order valence-electron chi connectivity index (χ1n) is 12.7. The van der Waals surface area contributed by atoms with Crippen LogP contribution in [0, 0.1) is 6.92 Å². The summed E-state index contributed by atoms with van der Waals surface area (Å²) in [5.74, 6) is 0.783. The fourth-order valence-corrected chi connectivity index (χ4v) is 6.01. The third-order valence-corrected chi connectivity index (χ3v) is 8.01. The Kier molecular flexibility index (Phi) is 7.45. The lowest BCUT2D eigenvalue weighted by Crippen LogP contribution is -2.58. The molecule has 2 atom stereocenters. The topological polar surface area (TPSA) is 49.4 Å². The Morgan fingerprint density at radius 2 is 1.39 bits per heavy atom. The summed E-state index contributed by atoms with van der Waals surface area (Å²) in [6.07, 6.45) is 9.04. The molecule has 1 heterocycles. The first kappa shape index (κ1) is 23.8. The summed E-state index contributed by atoms with van der Waals surface area (Å²) in [4.78, 5) is 27.1. The summed E-state index contributed by atoms with van der Waals surface area (Å²) in [7, 11) is 1.90. The minimum Gasteiger partial charge on any atom is -0.304 e. The minimum atomic E-state index is -0.427. The predicted molar refractivity (Wildman–Crippen MR) is 133 cm³/mol. The van der Waals surface area contributed by atoms with Crippen LogP contribution < -0.4 is 5.32 Å². The standard InChI is InChI=1S/C15H19NO.C14H19NO/c17-14-9-4-5-10-15(14,16-11-6-12-16)13-7-2-1-3-8-13;1-11-7-3-4-8-12(11)14(15-2)10-6-5-9-13(14)16/h1-3,7-8H,4-6,9-12H2;3-4,7-8,15H,5-6,9-10H2,1-2H3. The molecule has 176 valence electrons. The van der Waals surface area contributed by atoms with Gasteiger partial charge in [0.05, 0.1) is 0 Å². The molecule has 33 heavy (non-hydrogen) atoms. The lowest BCUT2D eigenvalue weighted by molar-refractivity contribution is -0.138. The molecule has 0 radical (unpaired) electrons. The fraction of sp³-hybridized carbons (Fsp3) is 0.517. The maximum atomic E-state index is 12.5. The van der Waals surface area contributed by atoms with Crippen LogP contribution in [-0.2, 0) is 20.7 Å². The highest BCUT2D eigenvalue weighted by molar-refractivity contribution is 5.91. The number of carbonyl (C=O) groups is 2. The van der Waals surface area contributed by atoms with Gasteiger partial charge in [-0.2, -0.15) is 0 Å². The number of hydrogen-bond acceptors (Lipinski definition) is 4. The Labute approximate surface area is 198 Å². The van der Waals surface area contributed by atoms with Crippen molar-refractivity contribution in [2.75, 3.05) is 20.1 Å². The number of carbonyl (C=O) groups excluding carboxylic acids is 2. The summed E-state index contributed by atoms with van der Waals surface area (Å²) in [5.41, 5.74) is 2.86. The molecule has 0 bridgehead atoms. The third-order valence-electron chi connectivity index (χ3n) is 8.01. The van der Waals surface area contributed by atoms with Gasteiger partial charge < -0.3 is 5.32 Å². The molecule has 2 aromatic carbocycles. The summed E-state index contributed by atoms with van der Waals surface area (Å²) in [6, 6.07) is 18.6. The number of nitrogens with zero attached hydrogens (tertiary/aromatic N) is 1. The molecule has 1 aliphatic heterocycles. The van der Waals surface area contributed by atoms with Crippen molar-refractivity contribution in [2.45, 2.75) is 75.8 Å². The van der Waals surface area contributed by atoms with Gasteiger partial charge in [-0.1, -0.05) is 67.4 Å². The molecular weight excluding hydrogens is 408 g/mol. The lowest BCUT2D eigenvalue weighted by atomic mass is 9.73. The van der Waals surface area contributed by atoms with Crippen LogP contribution in [0.4, 0.5) is 0 Å². The number of likely N-dealkylation sites (tertiary alicyclic amines) is 1. The number of ketones is 2. The smallest absolute Gasteiger partial charge is 0.157 e.